The number of aromatic nitrogens is 3. The second kappa shape index (κ2) is 11.4. The zero-order chi connectivity index (χ0) is 20.1. The molecule has 151 valence electrons. The van der Waals surface area contributed by atoms with Crippen LogP contribution >= 0.6 is 11.6 Å². The third kappa shape index (κ3) is 6.51. The second-order valence-electron chi connectivity index (χ2n) is 6.51. The van der Waals surface area contributed by atoms with Gasteiger partial charge in [-0.05, 0) is 44.5 Å². The van der Waals surface area contributed by atoms with Gasteiger partial charge in [0.1, 0.15) is 12.4 Å². The van der Waals surface area contributed by atoms with Gasteiger partial charge in [-0.15, -0.1) is 0 Å². The first kappa shape index (κ1) is 24.3. The van der Waals surface area contributed by atoms with E-state index in [1.165, 1.54) is 0 Å². The van der Waals surface area contributed by atoms with Crippen LogP contribution in [0.25, 0.3) is 11.0 Å². The molecular formula is C20H24ClN3NaO3S. The maximum Gasteiger partial charge on any atom is 0.197 e. The number of nitrogens with one attached hydrogen (secondary N) is 1. The molecule has 1 radical (unpaired) electrons. The smallest absolute Gasteiger partial charge is 0.197 e. The normalized spacial score (nSPS) is 13.1. The summed E-state index contributed by atoms with van der Waals surface area (Å²) in [6.07, 6.45) is 2.86. The van der Waals surface area contributed by atoms with Gasteiger partial charge in [-0.2, -0.15) is 0 Å². The Kier molecular flexibility index (Phi) is 9.59. The molecule has 2 heterocycles. The molecule has 3 aromatic rings. The maximum atomic E-state index is 12.8. The first-order chi connectivity index (χ1) is 13.5. The van der Waals surface area contributed by atoms with Crippen molar-refractivity contribution in [1.29, 1.82) is 0 Å². The zero-order valence-electron chi connectivity index (χ0n) is 17.2. The molecule has 0 fully saturated rings. The summed E-state index contributed by atoms with van der Waals surface area (Å²) in [5, 5.41) is 1.01. The van der Waals surface area contributed by atoms with Gasteiger partial charge < -0.3 is 14.5 Å². The Morgan fingerprint density at radius 1 is 1.28 bits per heavy atom. The van der Waals surface area contributed by atoms with Crippen LogP contribution in [0.5, 0.6) is 5.75 Å². The van der Waals surface area contributed by atoms with Crippen LogP contribution in [0.2, 0.25) is 5.02 Å². The summed E-state index contributed by atoms with van der Waals surface area (Å²) in [6.45, 7) is 7.03. The maximum absolute atomic E-state index is 12.8. The molecule has 0 saturated carbocycles. The van der Waals surface area contributed by atoms with Crippen molar-refractivity contribution >= 4 is 63.0 Å². The fraction of sp³-hybridized carbons (Fsp3) is 0.400. The van der Waals surface area contributed by atoms with Gasteiger partial charge in [0.15, 0.2) is 5.16 Å². The van der Waals surface area contributed by atoms with E-state index in [0.29, 0.717) is 23.4 Å². The van der Waals surface area contributed by atoms with Gasteiger partial charge in [0.2, 0.25) is 0 Å². The Bertz CT molecular complexity index is 983. The predicted molar refractivity (Wildman–Crippen MR) is 117 cm³/mol. The number of rotatable bonds is 9. The van der Waals surface area contributed by atoms with E-state index < -0.39 is 10.8 Å². The molecule has 29 heavy (non-hydrogen) atoms. The van der Waals surface area contributed by atoms with Gasteiger partial charge in [-0.3, -0.25) is 9.19 Å². The van der Waals surface area contributed by atoms with Crippen LogP contribution < -0.4 is 4.74 Å². The monoisotopic (exact) mass is 444 g/mol. The van der Waals surface area contributed by atoms with Crippen molar-refractivity contribution in [2.45, 2.75) is 44.2 Å². The summed E-state index contributed by atoms with van der Waals surface area (Å²) in [5.41, 5.74) is 3.09. The molecule has 0 spiro atoms. The van der Waals surface area contributed by atoms with Gasteiger partial charge in [0, 0.05) is 46.3 Å². The van der Waals surface area contributed by atoms with Gasteiger partial charge >= 0.3 is 0 Å². The summed E-state index contributed by atoms with van der Waals surface area (Å²) in [4.78, 5) is 11.8. The van der Waals surface area contributed by atoms with Gasteiger partial charge in [-0.1, -0.05) is 18.5 Å². The van der Waals surface area contributed by atoms with Gasteiger partial charge in [-0.25, -0.2) is 4.98 Å². The molecule has 2 unspecified atom stereocenters. The van der Waals surface area contributed by atoms with E-state index in [9.17, 15) is 4.21 Å². The number of nitrogens with zero attached hydrogens (tertiary/aromatic N) is 2. The summed E-state index contributed by atoms with van der Waals surface area (Å²) < 4.78 is 24.2. The van der Waals surface area contributed by atoms with Crippen molar-refractivity contribution in [1.82, 2.24) is 15.0 Å². The van der Waals surface area contributed by atoms with E-state index in [0.717, 1.165) is 34.5 Å². The molecule has 1 N–H and O–H groups in total. The standard InChI is InChI=1S/C20H24ClN3O3S.Na/c1-4-13(2)26-9-10-27-19-7-8-22-18(14(19)3)12-28(25)20-23-16-6-5-15(21)11-17(16)24-20;/h5-8,11,13H,4,9-10,12H2,1-3H3,(H,23,24);. The zero-order valence-corrected chi connectivity index (χ0v) is 20.8. The first-order valence-corrected chi connectivity index (χ1v) is 10.9. The van der Waals surface area contributed by atoms with Crippen molar-refractivity contribution in [2.24, 2.45) is 0 Å². The van der Waals surface area contributed by atoms with Crippen LogP contribution in [0, 0.1) is 6.92 Å². The van der Waals surface area contributed by atoms with E-state index >= 15 is 0 Å². The number of aromatic amines is 1. The average molecular weight is 445 g/mol. The van der Waals surface area contributed by atoms with Crippen molar-refractivity contribution in [2.75, 3.05) is 13.2 Å². The number of hydrogen-bond acceptors (Lipinski definition) is 5. The number of pyridine rings is 1. The molecule has 6 nitrogen and oxygen atoms in total. The van der Waals surface area contributed by atoms with E-state index in [1.807, 2.05) is 19.9 Å². The minimum Gasteiger partial charge on any atom is -0.491 e. The summed E-state index contributed by atoms with van der Waals surface area (Å²) in [6, 6.07) is 7.14. The third-order valence-corrected chi connectivity index (χ3v) is 5.88. The van der Waals surface area contributed by atoms with E-state index in [4.69, 9.17) is 21.1 Å². The van der Waals surface area contributed by atoms with E-state index in [2.05, 4.69) is 21.9 Å². The molecule has 0 saturated heterocycles. The van der Waals surface area contributed by atoms with E-state index in [1.54, 1.807) is 24.4 Å². The number of benzene rings is 1. The minimum absolute atomic E-state index is 0. The summed E-state index contributed by atoms with van der Waals surface area (Å²) in [5.74, 6) is 0.978. The van der Waals surface area contributed by atoms with Crippen LogP contribution in [0.15, 0.2) is 35.6 Å². The topological polar surface area (TPSA) is 77.1 Å². The number of ether oxygens (including phenoxy) is 2. The molecular weight excluding hydrogens is 421 g/mol. The van der Waals surface area contributed by atoms with Crippen LogP contribution in [-0.4, -0.2) is 68.0 Å². The van der Waals surface area contributed by atoms with Crippen molar-refractivity contribution in [3.05, 3.63) is 46.7 Å². The molecule has 0 aliphatic carbocycles. The molecule has 0 aliphatic rings. The fourth-order valence-corrected chi connectivity index (χ4v) is 3.91. The fourth-order valence-electron chi connectivity index (χ4n) is 2.64. The molecule has 9 heteroatoms. The number of hydrogen-bond donors (Lipinski definition) is 1. The molecule has 0 bridgehead atoms. The number of fused-ring (bicyclic) bond motifs is 1. The van der Waals surface area contributed by atoms with E-state index in [-0.39, 0.29) is 41.4 Å². The Hall–Kier alpha value is -0.960. The number of H-pyrrole nitrogens is 1. The van der Waals surface area contributed by atoms with Crippen molar-refractivity contribution in [3.63, 3.8) is 0 Å². The quantitative estimate of drug-likeness (QED) is 0.398. The number of halogens is 1. The van der Waals surface area contributed by atoms with Crippen molar-refractivity contribution < 1.29 is 13.7 Å². The molecule has 1 aromatic carbocycles. The molecule has 3 rings (SSSR count). The molecule has 0 aliphatic heterocycles. The molecule has 2 aromatic heterocycles. The first-order valence-electron chi connectivity index (χ1n) is 9.20. The Balaban J connectivity index is 0.00000300. The summed E-state index contributed by atoms with van der Waals surface area (Å²) in [7, 11) is -1.36. The van der Waals surface area contributed by atoms with Crippen LogP contribution in [0.1, 0.15) is 31.5 Å². The van der Waals surface area contributed by atoms with Crippen LogP contribution in [0.3, 0.4) is 0 Å². The minimum atomic E-state index is -1.36. The molecule has 0 amide bonds. The van der Waals surface area contributed by atoms with Crippen molar-refractivity contribution in [3.8, 4) is 5.75 Å². The third-order valence-electron chi connectivity index (χ3n) is 4.48. The molecule has 2 atom stereocenters. The second-order valence-corrected chi connectivity index (χ2v) is 8.32. The largest absolute Gasteiger partial charge is 0.491 e. The van der Waals surface area contributed by atoms with Gasteiger partial charge in [0.25, 0.3) is 0 Å². The number of imidazole rings is 1. The Labute approximate surface area is 200 Å². The van der Waals surface area contributed by atoms with Crippen LogP contribution in [-0.2, 0) is 21.3 Å². The Morgan fingerprint density at radius 2 is 2.07 bits per heavy atom. The predicted octanol–water partition coefficient (Wildman–Crippen LogP) is 4.04. The SMILES string of the molecule is CCC(C)OCCOc1ccnc(CS(=O)c2nc3ccc(Cl)cc3[nH]2)c1C.[Na]. The van der Waals surface area contributed by atoms with Gasteiger partial charge in [0.05, 0.1) is 46.0 Å². The average Bonchev–Trinajstić information content (AvgIpc) is 3.10. The Morgan fingerprint density at radius 3 is 2.83 bits per heavy atom. The summed E-state index contributed by atoms with van der Waals surface area (Å²) >= 11 is 6.00. The van der Waals surface area contributed by atoms with Crippen LogP contribution in [0.4, 0.5) is 0 Å².